The summed E-state index contributed by atoms with van der Waals surface area (Å²) in [6.07, 6.45) is 2.51. The lowest BCUT2D eigenvalue weighted by molar-refractivity contribution is 0.0879. The Hall–Kier alpha value is -3.40. The molecule has 0 spiro atoms. The van der Waals surface area contributed by atoms with Crippen LogP contribution in [-0.4, -0.2) is 11.7 Å². The van der Waals surface area contributed by atoms with Gasteiger partial charge >= 0.3 is 0 Å². The standard InChI is InChI=1S/C33H35NO2/c1-24(25-10-4-2-5-11-25)34-21-20-27-16-17-28-22-30(18-19-32(28)33(27)35)36-23-29-14-8-9-15-31(29)26-12-6-3-7-13-26/h2-15,18-19,22,24,27,33-35H,16-17,20-21,23H2,1H3/t24-,27+,33-/m0/s1. The Balaban J connectivity index is 1.18. The van der Waals surface area contributed by atoms with Crippen LogP contribution in [0.3, 0.4) is 0 Å². The molecule has 4 aromatic carbocycles. The summed E-state index contributed by atoms with van der Waals surface area (Å²) in [6, 6.07) is 35.8. The number of hydrogen-bond donors (Lipinski definition) is 2. The zero-order valence-electron chi connectivity index (χ0n) is 20.9. The van der Waals surface area contributed by atoms with E-state index in [4.69, 9.17) is 4.74 Å². The molecular weight excluding hydrogens is 442 g/mol. The molecule has 3 nitrogen and oxygen atoms in total. The maximum atomic E-state index is 11.1. The highest BCUT2D eigenvalue weighted by atomic mass is 16.5. The Kier molecular flexibility index (Phi) is 7.80. The van der Waals surface area contributed by atoms with Gasteiger partial charge in [0.15, 0.2) is 0 Å². The summed E-state index contributed by atoms with van der Waals surface area (Å²) in [6.45, 7) is 3.61. The maximum absolute atomic E-state index is 11.1. The lowest BCUT2D eigenvalue weighted by Crippen LogP contribution is -2.26. The van der Waals surface area contributed by atoms with Crippen LogP contribution in [0.1, 0.15) is 54.2 Å². The van der Waals surface area contributed by atoms with Crippen molar-refractivity contribution in [1.82, 2.24) is 5.32 Å². The first-order chi connectivity index (χ1) is 17.7. The van der Waals surface area contributed by atoms with Gasteiger partial charge in [-0.3, -0.25) is 0 Å². The van der Waals surface area contributed by atoms with Crippen molar-refractivity contribution in [3.8, 4) is 16.9 Å². The number of fused-ring (bicyclic) bond motifs is 1. The molecule has 0 aliphatic heterocycles. The quantitative estimate of drug-likeness (QED) is 0.266. The minimum Gasteiger partial charge on any atom is -0.489 e. The second kappa shape index (κ2) is 11.6. The maximum Gasteiger partial charge on any atom is 0.120 e. The van der Waals surface area contributed by atoms with Crippen LogP contribution in [0.15, 0.2) is 103 Å². The molecule has 4 aromatic rings. The second-order valence-electron chi connectivity index (χ2n) is 9.79. The van der Waals surface area contributed by atoms with Crippen LogP contribution in [0.2, 0.25) is 0 Å². The van der Waals surface area contributed by atoms with E-state index in [-0.39, 0.29) is 5.92 Å². The number of rotatable bonds is 9. The Morgan fingerprint density at radius 3 is 2.42 bits per heavy atom. The lowest BCUT2D eigenvalue weighted by atomic mass is 9.80. The minimum absolute atomic E-state index is 0.275. The zero-order valence-corrected chi connectivity index (χ0v) is 20.9. The highest BCUT2D eigenvalue weighted by molar-refractivity contribution is 5.67. The summed E-state index contributed by atoms with van der Waals surface area (Å²) in [4.78, 5) is 0. The fourth-order valence-corrected chi connectivity index (χ4v) is 5.28. The summed E-state index contributed by atoms with van der Waals surface area (Å²) < 4.78 is 6.22. The van der Waals surface area contributed by atoms with Gasteiger partial charge in [0.25, 0.3) is 0 Å². The summed E-state index contributed by atoms with van der Waals surface area (Å²) >= 11 is 0. The summed E-state index contributed by atoms with van der Waals surface area (Å²) in [5.41, 5.74) is 7.12. The van der Waals surface area contributed by atoms with Crippen LogP contribution < -0.4 is 10.1 Å². The normalized spacial score (nSPS) is 17.8. The molecule has 1 aliphatic rings. The highest BCUT2D eigenvalue weighted by Gasteiger charge is 2.28. The average Bonchev–Trinajstić information content (AvgIpc) is 2.94. The molecule has 5 rings (SSSR count). The third-order valence-corrected chi connectivity index (χ3v) is 7.43. The number of ether oxygens (including phenoxy) is 1. The average molecular weight is 478 g/mol. The monoisotopic (exact) mass is 477 g/mol. The zero-order chi connectivity index (χ0) is 24.7. The summed E-state index contributed by atoms with van der Waals surface area (Å²) in [5, 5.41) is 14.7. The Morgan fingerprint density at radius 1 is 0.889 bits per heavy atom. The van der Waals surface area contributed by atoms with Crippen molar-refractivity contribution in [3.63, 3.8) is 0 Å². The van der Waals surface area contributed by atoms with Crippen LogP contribution in [0.25, 0.3) is 11.1 Å². The molecule has 3 heteroatoms. The third-order valence-electron chi connectivity index (χ3n) is 7.43. The Morgan fingerprint density at radius 2 is 1.61 bits per heavy atom. The fourth-order valence-electron chi connectivity index (χ4n) is 5.28. The molecule has 36 heavy (non-hydrogen) atoms. The molecule has 0 fully saturated rings. The van der Waals surface area contributed by atoms with Gasteiger partial charge in [0, 0.05) is 6.04 Å². The predicted molar refractivity (Wildman–Crippen MR) is 147 cm³/mol. The number of benzene rings is 4. The van der Waals surface area contributed by atoms with Gasteiger partial charge in [-0.05, 0) is 84.2 Å². The van der Waals surface area contributed by atoms with Crippen LogP contribution in [-0.2, 0) is 13.0 Å². The molecule has 184 valence electrons. The molecule has 0 bridgehead atoms. The first-order valence-corrected chi connectivity index (χ1v) is 13.0. The minimum atomic E-state index is -0.421. The largest absolute Gasteiger partial charge is 0.489 e. The topological polar surface area (TPSA) is 41.5 Å². The fraction of sp³-hybridized carbons (Fsp3) is 0.273. The number of aliphatic hydroxyl groups is 1. The van der Waals surface area contributed by atoms with Crippen molar-refractivity contribution in [2.45, 2.75) is 44.9 Å². The van der Waals surface area contributed by atoms with E-state index in [0.717, 1.165) is 37.1 Å². The molecule has 0 unspecified atom stereocenters. The van der Waals surface area contributed by atoms with Crippen LogP contribution in [0.5, 0.6) is 5.75 Å². The van der Waals surface area contributed by atoms with Crippen molar-refractivity contribution in [2.75, 3.05) is 6.54 Å². The van der Waals surface area contributed by atoms with Crippen molar-refractivity contribution in [3.05, 3.63) is 125 Å². The van der Waals surface area contributed by atoms with Gasteiger partial charge in [0.2, 0.25) is 0 Å². The van der Waals surface area contributed by atoms with E-state index in [1.54, 1.807) is 0 Å². The first kappa shape index (κ1) is 24.3. The molecule has 0 saturated carbocycles. The predicted octanol–water partition coefficient (Wildman–Crippen LogP) is 7.27. The lowest BCUT2D eigenvalue weighted by Gasteiger charge is -2.31. The molecule has 0 amide bonds. The smallest absolute Gasteiger partial charge is 0.120 e. The van der Waals surface area contributed by atoms with Crippen molar-refractivity contribution >= 4 is 0 Å². The van der Waals surface area contributed by atoms with Gasteiger partial charge in [-0.15, -0.1) is 0 Å². The molecule has 1 aliphatic carbocycles. The number of aryl methyl sites for hydroxylation is 1. The number of hydrogen-bond acceptors (Lipinski definition) is 3. The Bertz CT molecular complexity index is 1260. The third kappa shape index (κ3) is 5.70. The van der Waals surface area contributed by atoms with Gasteiger partial charge in [-0.1, -0.05) is 91.0 Å². The summed E-state index contributed by atoms with van der Waals surface area (Å²) in [7, 11) is 0. The molecule has 3 atom stereocenters. The molecular formula is C33H35NO2. The number of nitrogens with one attached hydrogen (secondary N) is 1. The van der Waals surface area contributed by atoms with Gasteiger partial charge in [-0.25, -0.2) is 0 Å². The molecule has 0 saturated heterocycles. The SMILES string of the molecule is C[C@H](NCC[C@H]1CCc2cc(OCc3ccccc3-c3ccccc3)ccc2[C@H]1O)c1ccccc1. The summed E-state index contributed by atoms with van der Waals surface area (Å²) in [5.74, 6) is 1.14. The van der Waals surface area contributed by atoms with E-state index in [0.29, 0.717) is 12.6 Å². The Labute approximate surface area is 214 Å². The number of aliphatic hydroxyl groups excluding tert-OH is 1. The van der Waals surface area contributed by atoms with E-state index >= 15 is 0 Å². The van der Waals surface area contributed by atoms with E-state index < -0.39 is 6.10 Å². The van der Waals surface area contributed by atoms with Crippen LogP contribution in [0.4, 0.5) is 0 Å². The van der Waals surface area contributed by atoms with E-state index in [9.17, 15) is 5.11 Å². The molecule has 0 aromatic heterocycles. The molecule has 0 heterocycles. The van der Waals surface area contributed by atoms with Gasteiger partial charge in [0.1, 0.15) is 12.4 Å². The second-order valence-corrected chi connectivity index (χ2v) is 9.79. The van der Waals surface area contributed by atoms with Gasteiger partial charge in [-0.2, -0.15) is 0 Å². The molecule has 2 N–H and O–H groups in total. The van der Waals surface area contributed by atoms with Crippen molar-refractivity contribution < 1.29 is 9.84 Å². The van der Waals surface area contributed by atoms with Crippen molar-refractivity contribution in [2.24, 2.45) is 5.92 Å². The van der Waals surface area contributed by atoms with E-state index in [2.05, 4.69) is 97.2 Å². The van der Waals surface area contributed by atoms with Gasteiger partial charge < -0.3 is 15.2 Å². The van der Waals surface area contributed by atoms with Crippen LogP contribution in [0, 0.1) is 5.92 Å². The van der Waals surface area contributed by atoms with Crippen molar-refractivity contribution in [1.29, 1.82) is 0 Å². The highest BCUT2D eigenvalue weighted by Crippen LogP contribution is 2.38. The first-order valence-electron chi connectivity index (χ1n) is 13.0. The van der Waals surface area contributed by atoms with Crippen LogP contribution >= 0.6 is 0 Å². The van der Waals surface area contributed by atoms with Gasteiger partial charge in [0.05, 0.1) is 6.10 Å². The van der Waals surface area contributed by atoms with E-state index in [1.165, 1.54) is 27.8 Å². The van der Waals surface area contributed by atoms with E-state index in [1.807, 2.05) is 18.2 Å². The molecule has 0 radical (unpaired) electrons.